The average molecular weight is 304 g/mol. The molecule has 1 heterocycles. The lowest BCUT2D eigenvalue weighted by Gasteiger charge is -2.16. The van der Waals surface area contributed by atoms with Crippen molar-refractivity contribution in [1.82, 2.24) is 14.7 Å². The summed E-state index contributed by atoms with van der Waals surface area (Å²) in [5.41, 5.74) is 2.39. The monoisotopic (exact) mass is 304 g/mol. The number of carbonyl (C=O) groups excluding carboxylic acids is 1. The number of anilines is 1. The molecule has 0 spiro atoms. The molecular formula is C16H21FN4O. The van der Waals surface area contributed by atoms with Gasteiger partial charge in [0.2, 0.25) is 5.91 Å². The molecule has 0 atom stereocenters. The van der Waals surface area contributed by atoms with Gasteiger partial charge in [0.1, 0.15) is 5.82 Å². The van der Waals surface area contributed by atoms with Crippen molar-refractivity contribution in [3.05, 3.63) is 47.5 Å². The molecule has 0 saturated carbocycles. The molecule has 1 aromatic carbocycles. The van der Waals surface area contributed by atoms with Crippen LogP contribution in [0.2, 0.25) is 0 Å². The molecule has 0 aliphatic rings. The van der Waals surface area contributed by atoms with Crippen LogP contribution >= 0.6 is 0 Å². The maximum Gasteiger partial charge on any atom is 0.238 e. The maximum absolute atomic E-state index is 13.5. The van der Waals surface area contributed by atoms with Gasteiger partial charge in [-0.3, -0.25) is 14.4 Å². The molecule has 0 bridgehead atoms. The number of nitrogens with one attached hydrogen (secondary N) is 1. The van der Waals surface area contributed by atoms with Crippen LogP contribution < -0.4 is 5.32 Å². The molecule has 0 radical (unpaired) electrons. The highest BCUT2D eigenvalue weighted by Gasteiger charge is 2.12. The maximum atomic E-state index is 13.5. The molecule has 0 unspecified atom stereocenters. The largest absolute Gasteiger partial charge is 0.322 e. The number of halogens is 1. The Morgan fingerprint density at radius 2 is 2.14 bits per heavy atom. The van der Waals surface area contributed by atoms with E-state index in [9.17, 15) is 9.18 Å². The summed E-state index contributed by atoms with van der Waals surface area (Å²) in [6.07, 6.45) is 1.82. The van der Waals surface area contributed by atoms with Crippen LogP contribution in [0.1, 0.15) is 18.2 Å². The Labute approximate surface area is 129 Å². The molecule has 1 amide bonds. The highest BCUT2D eigenvalue weighted by molar-refractivity contribution is 5.92. The Balaban J connectivity index is 1.91. The number of carbonyl (C=O) groups is 1. The van der Waals surface area contributed by atoms with E-state index in [0.29, 0.717) is 6.54 Å². The third-order valence-electron chi connectivity index (χ3n) is 3.51. The van der Waals surface area contributed by atoms with Gasteiger partial charge in [-0.15, -0.1) is 0 Å². The molecule has 1 aromatic heterocycles. The fraction of sp³-hybridized carbons (Fsp3) is 0.375. The predicted molar refractivity (Wildman–Crippen MR) is 84.0 cm³/mol. The Bertz CT molecular complexity index is 653. The van der Waals surface area contributed by atoms with Gasteiger partial charge in [0, 0.05) is 24.3 Å². The minimum absolute atomic E-state index is 0.186. The van der Waals surface area contributed by atoms with E-state index in [0.717, 1.165) is 17.8 Å². The summed E-state index contributed by atoms with van der Waals surface area (Å²) >= 11 is 0. The highest BCUT2D eigenvalue weighted by atomic mass is 19.1. The second-order valence-electron chi connectivity index (χ2n) is 5.27. The quantitative estimate of drug-likeness (QED) is 0.891. The van der Waals surface area contributed by atoms with Crippen molar-refractivity contribution in [3.63, 3.8) is 0 Å². The molecular weight excluding hydrogens is 283 g/mol. The summed E-state index contributed by atoms with van der Waals surface area (Å²) in [5.74, 6) is -0.674. The summed E-state index contributed by atoms with van der Waals surface area (Å²) in [4.78, 5) is 13.8. The van der Waals surface area contributed by atoms with Crippen LogP contribution in [0, 0.1) is 12.7 Å². The summed E-state index contributed by atoms with van der Waals surface area (Å²) in [7, 11) is 1.85. The first-order chi connectivity index (χ1) is 10.5. The zero-order chi connectivity index (χ0) is 16.1. The lowest BCUT2D eigenvalue weighted by atomic mass is 10.2. The van der Waals surface area contributed by atoms with Crippen LogP contribution in [-0.4, -0.2) is 34.2 Å². The number of likely N-dealkylation sites (N-methyl/N-ethyl adjacent to an activating group) is 1. The van der Waals surface area contributed by atoms with Gasteiger partial charge in [-0.05, 0) is 33.0 Å². The summed E-state index contributed by atoms with van der Waals surface area (Å²) < 4.78 is 15.4. The van der Waals surface area contributed by atoms with Gasteiger partial charge in [-0.25, -0.2) is 4.39 Å². The van der Waals surface area contributed by atoms with E-state index in [4.69, 9.17) is 0 Å². The van der Waals surface area contributed by atoms with Crippen LogP contribution in [0.3, 0.4) is 0 Å². The van der Waals surface area contributed by atoms with Crippen molar-refractivity contribution in [2.24, 2.45) is 0 Å². The van der Waals surface area contributed by atoms with Crippen LogP contribution in [-0.2, 0) is 17.9 Å². The summed E-state index contributed by atoms with van der Waals surface area (Å²) in [6, 6.07) is 6.14. The Kier molecular flexibility index (Phi) is 5.27. The summed E-state index contributed by atoms with van der Waals surface area (Å²) in [5, 5.41) is 6.87. The Morgan fingerprint density at radius 1 is 1.41 bits per heavy atom. The third kappa shape index (κ3) is 3.92. The van der Waals surface area contributed by atoms with Crippen molar-refractivity contribution in [2.75, 3.05) is 18.9 Å². The van der Waals surface area contributed by atoms with E-state index in [-0.39, 0.29) is 18.1 Å². The smallest absolute Gasteiger partial charge is 0.238 e. The number of aryl methyl sites for hydroxylation is 1. The molecule has 1 N–H and O–H groups in total. The molecule has 6 heteroatoms. The Morgan fingerprint density at radius 3 is 2.77 bits per heavy atom. The van der Waals surface area contributed by atoms with E-state index in [1.165, 1.54) is 6.07 Å². The van der Waals surface area contributed by atoms with E-state index in [1.807, 2.05) is 36.7 Å². The molecule has 5 nitrogen and oxygen atoms in total. The van der Waals surface area contributed by atoms with Crippen LogP contribution in [0.25, 0.3) is 0 Å². The van der Waals surface area contributed by atoms with Gasteiger partial charge in [-0.1, -0.05) is 12.1 Å². The molecule has 22 heavy (non-hydrogen) atoms. The van der Waals surface area contributed by atoms with Gasteiger partial charge >= 0.3 is 0 Å². The average Bonchev–Trinajstić information content (AvgIpc) is 2.82. The lowest BCUT2D eigenvalue weighted by molar-refractivity contribution is -0.117. The minimum Gasteiger partial charge on any atom is -0.322 e. The van der Waals surface area contributed by atoms with E-state index < -0.39 is 5.82 Å². The van der Waals surface area contributed by atoms with E-state index in [1.54, 1.807) is 18.2 Å². The Hall–Kier alpha value is -2.21. The van der Waals surface area contributed by atoms with Crippen LogP contribution in [0.4, 0.5) is 10.1 Å². The molecule has 0 fully saturated rings. The number of hydrogen-bond acceptors (Lipinski definition) is 3. The fourth-order valence-corrected chi connectivity index (χ4v) is 2.30. The lowest BCUT2D eigenvalue weighted by Crippen LogP contribution is -2.30. The second kappa shape index (κ2) is 7.17. The van der Waals surface area contributed by atoms with Crippen LogP contribution in [0.5, 0.6) is 0 Å². The molecule has 118 valence electrons. The number of aromatic nitrogens is 2. The number of nitrogens with zero attached hydrogens (tertiary/aromatic N) is 3. The zero-order valence-electron chi connectivity index (χ0n) is 13.1. The minimum atomic E-state index is -0.432. The number of amides is 1. The molecule has 0 aliphatic carbocycles. The second-order valence-corrected chi connectivity index (χ2v) is 5.27. The first-order valence-corrected chi connectivity index (χ1v) is 7.25. The summed E-state index contributed by atoms with van der Waals surface area (Å²) in [6.45, 7) is 5.68. The predicted octanol–water partition coefficient (Wildman–Crippen LogP) is 2.42. The molecule has 0 aliphatic heterocycles. The van der Waals surface area contributed by atoms with Gasteiger partial charge in [0.05, 0.1) is 18.4 Å². The van der Waals surface area contributed by atoms with Gasteiger partial charge in [0.15, 0.2) is 0 Å². The van der Waals surface area contributed by atoms with Gasteiger partial charge < -0.3 is 5.32 Å². The van der Waals surface area contributed by atoms with Gasteiger partial charge in [-0.2, -0.15) is 5.10 Å². The van der Waals surface area contributed by atoms with Crippen molar-refractivity contribution >= 4 is 11.6 Å². The van der Waals surface area contributed by atoms with Crippen molar-refractivity contribution in [3.8, 4) is 0 Å². The first-order valence-electron chi connectivity index (χ1n) is 7.25. The molecule has 2 rings (SSSR count). The molecule has 0 saturated heterocycles. The standard InChI is InChI=1S/C16H21FN4O/c1-4-21-12(2)13(9-18-21)10-20(3)11-16(22)19-15-8-6-5-7-14(15)17/h5-9H,4,10-11H2,1-3H3,(H,19,22). The number of para-hydroxylation sites is 1. The normalized spacial score (nSPS) is 11.0. The van der Waals surface area contributed by atoms with Crippen LogP contribution in [0.15, 0.2) is 30.5 Å². The first kappa shape index (κ1) is 16.2. The zero-order valence-corrected chi connectivity index (χ0v) is 13.1. The van der Waals surface area contributed by atoms with E-state index in [2.05, 4.69) is 10.4 Å². The SMILES string of the molecule is CCn1ncc(CN(C)CC(=O)Nc2ccccc2F)c1C. The topological polar surface area (TPSA) is 50.2 Å². The van der Waals surface area contributed by atoms with Gasteiger partial charge in [0.25, 0.3) is 0 Å². The number of rotatable bonds is 6. The fourth-order valence-electron chi connectivity index (χ4n) is 2.30. The number of hydrogen-bond donors (Lipinski definition) is 1. The highest BCUT2D eigenvalue weighted by Crippen LogP contribution is 2.13. The number of benzene rings is 1. The molecule has 2 aromatic rings. The van der Waals surface area contributed by atoms with Crippen molar-refractivity contribution < 1.29 is 9.18 Å². The van der Waals surface area contributed by atoms with E-state index >= 15 is 0 Å². The van der Waals surface area contributed by atoms with Crippen molar-refractivity contribution in [1.29, 1.82) is 0 Å². The van der Waals surface area contributed by atoms with Crippen molar-refractivity contribution in [2.45, 2.75) is 26.9 Å². The third-order valence-corrected chi connectivity index (χ3v) is 3.51.